The third-order valence-corrected chi connectivity index (χ3v) is 17.4. The van der Waals surface area contributed by atoms with Crippen LogP contribution >= 0.6 is 0 Å². The molecule has 0 saturated carbocycles. The zero-order valence-corrected chi connectivity index (χ0v) is 52.3. The van der Waals surface area contributed by atoms with Crippen molar-refractivity contribution in [3.8, 4) is 78.9 Å². The van der Waals surface area contributed by atoms with E-state index in [1.807, 2.05) is 12.4 Å². The van der Waals surface area contributed by atoms with Crippen LogP contribution in [0.3, 0.4) is 0 Å². The van der Waals surface area contributed by atoms with Crippen molar-refractivity contribution in [3.63, 3.8) is 0 Å². The van der Waals surface area contributed by atoms with E-state index in [0.29, 0.717) is 17.5 Å². The largest absolute Gasteiger partial charge is 0.309 e. The van der Waals surface area contributed by atoms with Gasteiger partial charge in [-0.2, -0.15) is 0 Å². The number of aromatic nitrogens is 6. The number of pyridine rings is 1. The van der Waals surface area contributed by atoms with Crippen molar-refractivity contribution in [1.82, 2.24) is 29.1 Å². The molecule has 0 amide bonds. The van der Waals surface area contributed by atoms with Crippen molar-refractivity contribution >= 4 is 43.6 Å². The third kappa shape index (κ3) is 10.3. The molecule has 13 rings (SSSR count). The minimum atomic E-state index is -0.126. The van der Waals surface area contributed by atoms with E-state index in [4.69, 9.17) is 19.9 Å². The van der Waals surface area contributed by atoms with E-state index in [2.05, 4.69) is 300 Å². The summed E-state index contributed by atoms with van der Waals surface area (Å²) in [5, 5.41) is 4.75. The Morgan fingerprint density at radius 3 is 1.08 bits per heavy atom. The van der Waals surface area contributed by atoms with Crippen molar-refractivity contribution < 1.29 is 0 Å². The van der Waals surface area contributed by atoms with Crippen LogP contribution in [-0.2, 0) is 21.7 Å². The summed E-state index contributed by atoms with van der Waals surface area (Å²) in [5.74, 6) is 1.87. The van der Waals surface area contributed by atoms with Crippen molar-refractivity contribution in [2.75, 3.05) is 0 Å². The van der Waals surface area contributed by atoms with Gasteiger partial charge in [-0.15, -0.1) is 0 Å². The molecule has 0 N–H and O–H groups in total. The fourth-order valence-electron chi connectivity index (χ4n) is 12.3. The second kappa shape index (κ2) is 20.8. The summed E-state index contributed by atoms with van der Waals surface area (Å²) >= 11 is 0. The number of fused-ring (bicyclic) bond motifs is 6. The van der Waals surface area contributed by atoms with E-state index < -0.39 is 0 Å². The Morgan fingerprint density at radius 2 is 0.663 bits per heavy atom. The second-order valence-corrected chi connectivity index (χ2v) is 27.9. The number of rotatable bonds is 8. The molecular formula is C80H76N6. The first-order valence-corrected chi connectivity index (χ1v) is 30.3. The minimum Gasteiger partial charge on any atom is -0.309 e. The Balaban J connectivity index is 1.12. The Bertz CT molecular complexity index is 4480. The van der Waals surface area contributed by atoms with Gasteiger partial charge in [0.1, 0.15) is 0 Å². The SMILES string of the molecule is Cc1ccc2c(c1)c1cc(C)ccc1n2-c1ccc(-c2nc(-c3cc(C(C)(C)C)cc(C(C)(C)C)c3)nc(-c3cc(C(C)(C)C)cc(C(C)(C)C)c3)n2)cc1-c1ccncc1-n1c2ccc(-c3ccccc3)cc2c2cc(-c3ccccc3)ccc21. The molecule has 0 aliphatic carbocycles. The van der Waals surface area contributed by atoms with Gasteiger partial charge in [0.25, 0.3) is 0 Å². The van der Waals surface area contributed by atoms with E-state index in [9.17, 15) is 0 Å². The molecule has 13 aromatic rings. The van der Waals surface area contributed by atoms with Crippen molar-refractivity contribution in [2.45, 2.75) is 119 Å². The van der Waals surface area contributed by atoms with E-state index in [0.717, 1.165) is 83.2 Å². The van der Waals surface area contributed by atoms with Gasteiger partial charge in [0, 0.05) is 55.6 Å². The Labute approximate surface area is 507 Å². The van der Waals surface area contributed by atoms with Crippen LogP contribution in [0.15, 0.2) is 207 Å². The Hall–Kier alpha value is -9.26. The number of nitrogens with zero attached hydrogens (tertiary/aromatic N) is 6. The van der Waals surface area contributed by atoms with Gasteiger partial charge in [0.15, 0.2) is 17.5 Å². The van der Waals surface area contributed by atoms with Crippen LogP contribution < -0.4 is 0 Å². The van der Waals surface area contributed by atoms with Crippen LogP contribution in [0.1, 0.15) is 116 Å². The first-order chi connectivity index (χ1) is 40.9. The molecule has 0 spiro atoms. The third-order valence-electron chi connectivity index (χ3n) is 17.4. The van der Waals surface area contributed by atoms with E-state index in [-0.39, 0.29) is 21.7 Å². The first kappa shape index (κ1) is 55.9. The maximum Gasteiger partial charge on any atom is 0.164 e. The average Bonchev–Trinajstić information content (AvgIpc) is 1.75. The zero-order chi connectivity index (χ0) is 60.2. The molecule has 0 fully saturated rings. The Kier molecular flexibility index (Phi) is 13.5. The summed E-state index contributed by atoms with van der Waals surface area (Å²) in [4.78, 5) is 21.7. The standard InChI is InChI=1S/C80H76N6/c1-49-25-30-68-63(37-49)64-38-50(2)26-31-69(64)85(68)70-34-29-55(74-82-75(56-39-58(77(3,4)5)46-59(40-56)78(6,7)8)84-76(83-74)57-41-60(79(9,10)11)47-61(42-57)80(12,13)14)45-65(70)62-35-36-81-48-73(62)86-71-32-27-53(51-21-17-15-18-22-51)43-66(71)67-44-54(28-33-72(67)86)52-23-19-16-20-24-52/h15-48H,1-14H3. The van der Waals surface area contributed by atoms with Crippen molar-refractivity contribution in [1.29, 1.82) is 0 Å². The van der Waals surface area contributed by atoms with Crippen LogP contribution in [0, 0.1) is 13.8 Å². The second-order valence-electron chi connectivity index (χ2n) is 27.9. The summed E-state index contributed by atoms with van der Waals surface area (Å²) in [5.41, 5.74) is 22.8. The van der Waals surface area contributed by atoms with Gasteiger partial charge in [-0.05, 0) is 177 Å². The van der Waals surface area contributed by atoms with Gasteiger partial charge in [-0.25, -0.2) is 15.0 Å². The predicted molar refractivity (Wildman–Crippen MR) is 363 cm³/mol. The van der Waals surface area contributed by atoms with Crippen LogP contribution in [0.4, 0.5) is 0 Å². The normalized spacial score (nSPS) is 12.5. The molecule has 0 atom stereocenters. The molecule has 0 bridgehead atoms. The van der Waals surface area contributed by atoms with E-state index >= 15 is 0 Å². The summed E-state index contributed by atoms with van der Waals surface area (Å²) < 4.78 is 4.88. The highest BCUT2D eigenvalue weighted by molar-refractivity contribution is 6.13. The molecular weight excluding hydrogens is 1040 g/mol. The molecule has 6 nitrogen and oxygen atoms in total. The van der Waals surface area contributed by atoms with Crippen LogP contribution in [-0.4, -0.2) is 29.1 Å². The van der Waals surface area contributed by atoms with E-state index in [1.165, 1.54) is 55.3 Å². The lowest BCUT2D eigenvalue weighted by atomic mass is 9.79. The zero-order valence-electron chi connectivity index (χ0n) is 52.3. The molecule has 0 radical (unpaired) electrons. The molecule has 4 heterocycles. The highest BCUT2D eigenvalue weighted by Crippen LogP contribution is 2.45. The molecule has 86 heavy (non-hydrogen) atoms. The van der Waals surface area contributed by atoms with E-state index in [1.54, 1.807) is 0 Å². The van der Waals surface area contributed by atoms with Gasteiger partial charge >= 0.3 is 0 Å². The summed E-state index contributed by atoms with van der Waals surface area (Å²) in [7, 11) is 0. The maximum atomic E-state index is 5.61. The first-order valence-electron chi connectivity index (χ1n) is 30.3. The topological polar surface area (TPSA) is 61.4 Å². The number of benzene rings is 9. The predicted octanol–water partition coefficient (Wildman–Crippen LogP) is 21.3. The maximum absolute atomic E-state index is 5.61. The summed E-state index contributed by atoms with van der Waals surface area (Å²) in [6.45, 7) is 31.8. The molecule has 426 valence electrons. The highest BCUT2D eigenvalue weighted by atomic mass is 15.0. The summed E-state index contributed by atoms with van der Waals surface area (Å²) in [6.07, 6.45) is 3.98. The average molecular weight is 1120 g/mol. The lowest BCUT2D eigenvalue weighted by molar-refractivity contribution is 0.568. The minimum absolute atomic E-state index is 0.126. The smallest absolute Gasteiger partial charge is 0.164 e. The summed E-state index contributed by atoms with van der Waals surface area (Å²) in [6, 6.07) is 71.8. The molecule has 0 saturated heterocycles. The fourth-order valence-corrected chi connectivity index (χ4v) is 12.3. The number of aryl methyl sites for hydroxylation is 2. The number of hydrogen-bond acceptors (Lipinski definition) is 4. The lowest BCUT2D eigenvalue weighted by Crippen LogP contribution is -2.17. The molecule has 9 aromatic carbocycles. The molecule has 6 heteroatoms. The van der Waals surface area contributed by atoms with Crippen molar-refractivity contribution in [2.24, 2.45) is 0 Å². The van der Waals surface area contributed by atoms with Crippen LogP contribution in [0.25, 0.3) is 123 Å². The molecule has 0 aliphatic heterocycles. The van der Waals surface area contributed by atoms with Gasteiger partial charge in [-0.1, -0.05) is 191 Å². The van der Waals surface area contributed by atoms with Crippen LogP contribution in [0.5, 0.6) is 0 Å². The molecule has 0 aliphatic rings. The van der Waals surface area contributed by atoms with Gasteiger partial charge in [0.2, 0.25) is 0 Å². The highest BCUT2D eigenvalue weighted by Gasteiger charge is 2.28. The lowest BCUT2D eigenvalue weighted by Gasteiger charge is -2.26. The van der Waals surface area contributed by atoms with Crippen LogP contribution in [0.2, 0.25) is 0 Å². The fraction of sp³-hybridized carbons (Fsp3) is 0.225. The molecule has 0 unspecified atom stereocenters. The van der Waals surface area contributed by atoms with Gasteiger partial charge < -0.3 is 9.13 Å². The number of hydrogen-bond donors (Lipinski definition) is 0. The monoisotopic (exact) mass is 1120 g/mol. The van der Waals surface area contributed by atoms with Crippen molar-refractivity contribution in [3.05, 3.63) is 240 Å². The Morgan fingerprint density at radius 1 is 0.291 bits per heavy atom. The molecule has 4 aromatic heterocycles. The van der Waals surface area contributed by atoms with Gasteiger partial charge in [-0.3, -0.25) is 4.98 Å². The van der Waals surface area contributed by atoms with Gasteiger partial charge in [0.05, 0.1) is 39.6 Å². The quantitative estimate of drug-likeness (QED) is 0.152.